The molecule has 8 heteroatoms. The maximum absolute atomic E-state index is 12.5. The Morgan fingerprint density at radius 2 is 1.87 bits per heavy atom. The summed E-state index contributed by atoms with van der Waals surface area (Å²) in [6.07, 6.45) is 0.540. The van der Waals surface area contributed by atoms with Crippen molar-refractivity contribution in [1.82, 2.24) is 19.6 Å². The Balaban J connectivity index is 1.70. The van der Waals surface area contributed by atoms with E-state index in [1.807, 2.05) is 67.6 Å². The van der Waals surface area contributed by atoms with Gasteiger partial charge in [-0.2, -0.15) is 9.50 Å². The number of anilines is 1. The van der Waals surface area contributed by atoms with E-state index in [4.69, 9.17) is 16.3 Å². The first-order valence-electron chi connectivity index (χ1n) is 9.40. The molecule has 4 aromatic rings. The lowest BCUT2D eigenvalue weighted by atomic mass is 10.1. The number of fused-ring (bicyclic) bond motifs is 1. The van der Waals surface area contributed by atoms with Gasteiger partial charge in [0, 0.05) is 23.2 Å². The standard InChI is InChI=1S/C22H20ClN5O2/c1-14-12-19(26-20(21(29)30-2)16-6-4-3-5-7-16)28-22(24-14)25-18(27-28)13-15-8-10-17(23)11-9-15/h3-12,20,26H,13H2,1-2H3/t20-/m0/s1. The van der Waals surface area contributed by atoms with E-state index in [1.165, 1.54) is 7.11 Å². The first-order chi connectivity index (χ1) is 14.5. The SMILES string of the molecule is COC(=O)[C@@H](Nc1cc(C)nc2nc(Cc3ccc(Cl)cc3)nn12)c1ccccc1. The molecule has 0 fully saturated rings. The van der Waals surface area contributed by atoms with E-state index < -0.39 is 12.0 Å². The van der Waals surface area contributed by atoms with Gasteiger partial charge in [0.2, 0.25) is 0 Å². The fraction of sp³-hybridized carbons (Fsp3) is 0.182. The van der Waals surface area contributed by atoms with Crippen LogP contribution in [0, 0.1) is 6.92 Å². The topological polar surface area (TPSA) is 81.4 Å². The summed E-state index contributed by atoms with van der Waals surface area (Å²) < 4.78 is 6.61. The minimum absolute atomic E-state index is 0.398. The molecule has 2 aromatic carbocycles. The Labute approximate surface area is 178 Å². The predicted octanol–water partition coefficient (Wildman–Crippen LogP) is 4.00. The zero-order valence-electron chi connectivity index (χ0n) is 16.5. The van der Waals surface area contributed by atoms with Crippen molar-refractivity contribution < 1.29 is 9.53 Å². The summed E-state index contributed by atoms with van der Waals surface area (Å²) in [5.41, 5.74) is 2.58. The number of methoxy groups -OCH3 is 1. The van der Waals surface area contributed by atoms with Gasteiger partial charge in [-0.3, -0.25) is 0 Å². The molecule has 0 unspecified atom stereocenters. The Morgan fingerprint density at radius 3 is 2.57 bits per heavy atom. The maximum Gasteiger partial charge on any atom is 0.333 e. The highest BCUT2D eigenvalue weighted by atomic mass is 35.5. The van der Waals surface area contributed by atoms with E-state index in [1.54, 1.807) is 4.52 Å². The van der Waals surface area contributed by atoms with Crippen molar-refractivity contribution in [3.63, 3.8) is 0 Å². The number of rotatable bonds is 6. The number of aryl methyl sites for hydroxylation is 1. The summed E-state index contributed by atoms with van der Waals surface area (Å²) in [5.74, 6) is 1.28. The Bertz CT molecular complexity index is 1180. The molecule has 0 amide bonds. The molecule has 0 saturated heterocycles. The quantitative estimate of drug-likeness (QED) is 0.474. The smallest absolute Gasteiger partial charge is 0.333 e. The second-order valence-electron chi connectivity index (χ2n) is 6.84. The summed E-state index contributed by atoms with van der Waals surface area (Å²) in [6.45, 7) is 1.87. The minimum atomic E-state index is -0.690. The highest BCUT2D eigenvalue weighted by Crippen LogP contribution is 2.22. The van der Waals surface area contributed by atoms with E-state index in [-0.39, 0.29) is 0 Å². The van der Waals surface area contributed by atoms with Gasteiger partial charge < -0.3 is 10.1 Å². The second-order valence-corrected chi connectivity index (χ2v) is 7.27. The molecule has 0 aliphatic rings. The molecule has 1 N–H and O–H groups in total. The summed E-state index contributed by atoms with van der Waals surface area (Å²) in [7, 11) is 1.37. The number of ether oxygens (including phenoxy) is 1. The van der Waals surface area contributed by atoms with Crippen LogP contribution in [0.25, 0.3) is 5.78 Å². The zero-order chi connectivity index (χ0) is 21.1. The van der Waals surface area contributed by atoms with Crippen LogP contribution in [0.2, 0.25) is 5.02 Å². The molecule has 0 bridgehead atoms. The van der Waals surface area contributed by atoms with Crippen molar-refractivity contribution in [1.29, 1.82) is 0 Å². The van der Waals surface area contributed by atoms with Crippen molar-refractivity contribution in [2.75, 3.05) is 12.4 Å². The number of benzene rings is 2. The molecule has 152 valence electrons. The van der Waals surface area contributed by atoms with E-state index in [2.05, 4.69) is 20.4 Å². The number of hydrogen-bond acceptors (Lipinski definition) is 6. The number of hydrogen-bond donors (Lipinski definition) is 1. The van der Waals surface area contributed by atoms with E-state index in [9.17, 15) is 4.79 Å². The van der Waals surface area contributed by atoms with Crippen LogP contribution in [-0.4, -0.2) is 32.7 Å². The molecule has 30 heavy (non-hydrogen) atoms. The van der Waals surface area contributed by atoms with Gasteiger partial charge >= 0.3 is 5.97 Å². The zero-order valence-corrected chi connectivity index (χ0v) is 17.3. The normalized spacial score (nSPS) is 12.0. The number of nitrogens with zero attached hydrogens (tertiary/aromatic N) is 4. The van der Waals surface area contributed by atoms with Crippen molar-refractivity contribution in [2.45, 2.75) is 19.4 Å². The van der Waals surface area contributed by atoms with Gasteiger partial charge in [-0.1, -0.05) is 54.1 Å². The van der Waals surface area contributed by atoms with Crippen LogP contribution in [-0.2, 0) is 16.0 Å². The lowest BCUT2D eigenvalue weighted by Crippen LogP contribution is -2.23. The summed E-state index contributed by atoms with van der Waals surface area (Å²) >= 11 is 5.96. The lowest BCUT2D eigenvalue weighted by Gasteiger charge is -2.18. The van der Waals surface area contributed by atoms with Crippen molar-refractivity contribution >= 4 is 29.2 Å². The van der Waals surface area contributed by atoms with Crippen LogP contribution in [0.1, 0.15) is 28.7 Å². The predicted molar refractivity (Wildman–Crippen MR) is 115 cm³/mol. The first kappa shape index (κ1) is 19.8. The third-order valence-corrected chi connectivity index (χ3v) is 4.87. The third kappa shape index (κ3) is 4.26. The highest BCUT2D eigenvalue weighted by molar-refractivity contribution is 6.30. The van der Waals surface area contributed by atoms with Gasteiger partial charge in [0.25, 0.3) is 5.78 Å². The number of carbonyl (C=O) groups is 1. The van der Waals surface area contributed by atoms with Crippen LogP contribution >= 0.6 is 11.6 Å². The molecule has 2 aromatic heterocycles. The average molecular weight is 422 g/mol. The molecule has 0 spiro atoms. The molecule has 7 nitrogen and oxygen atoms in total. The molecule has 0 radical (unpaired) electrons. The molecular weight excluding hydrogens is 402 g/mol. The van der Waals surface area contributed by atoms with E-state index >= 15 is 0 Å². The lowest BCUT2D eigenvalue weighted by molar-refractivity contribution is -0.141. The van der Waals surface area contributed by atoms with Crippen LogP contribution in [0.5, 0.6) is 0 Å². The van der Waals surface area contributed by atoms with Crippen molar-refractivity contribution in [3.05, 3.63) is 88.3 Å². The van der Waals surface area contributed by atoms with Gasteiger partial charge in [0.15, 0.2) is 11.9 Å². The molecule has 0 aliphatic heterocycles. The second kappa shape index (κ2) is 8.51. The van der Waals surface area contributed by atoms with Crippen LogP contribution in [0.3, 0.4) is 0 Å². The Kier molecular flexibility index (Phi) is 5.63. The van der Waals surface area contributed by atoms with E-state index in [0.717, 1.165) is 16.8 Å². The van der Waals surface area contributed by atoms with Gasteiger partial charge in [-0.05, 0) is 30.2 Å². The molecule has 0 saturated carbocycles. The maximum atomic E-state index is 12.5. The van der Waals surface area contributed by atoms with E-state index in [0.29, 0.717) is 28.9 Å². The number of esters is 1. The largest absolute Gasteiger partial charge is 0.467 e. The van der Waals surface area contributed by atoms with Crippen molar-refractivity contribution in [3.8, 4) is 0 Å². The number of carbonyl (C=O) groups excluding carboxylic acids is 1. The number of halogens is 1. The van der Waals surface area contributed by atoms with Crippen molar-refractivity contribution in [2.24, 2.45) is 0 Å². The van der Waals surface area contributed by atoms with Gasteiger partial charge in [0.1, 0.15) is 5.82 Å². The molecule has 0 aliphatic carbocycles. The van der Waals surface area contributed by atoms with Gasteiger partial charge in [0.05, 0.1) is 7.11 Å². The molecular formula is C22H20ClN5O2. The molecule has 2 heterocycles. The Morgan fingerprint density at radius 1 is 1.13 bits per heavy atom. The molecule has 4 rings (SSSR count). The Hall–Kier alpha value is -3.45. The number of aromatic nitrogens is 4. The minimum Gasteiger partial charge on any atom is -0.467 e. The van der Waals surface area contributed by atoms with Gasteiger partial charge in [-0.25, -0.2) is 9.78 Å². The van der Waals surface area contributed by atoms with Crippen LogP contribution < -0.4 is 5.32 Å². The van der Waals surface area contributed by atoms with Crippen LogP contribution in [0.15, 0.2) is 60.7 Å². The average Bonchev–Trinajstić information content (AvgIpc) is 3.16. The molecule has 1 atom stereocenters. The monoisotopic (exact) mass is 421 g/mol. The number of nitrogens with one attached hydrogen (secondary N) is 1. The summed E-state index contributed by atoms with van der Waals surface area (Å²) in [6, 6.07) is 18.1. The third-order valence-electron chi connectivity index (χ3n) is 4.62. The van der Waals surface area contributed by atoms with Gasteiger partial charge in [-0.15, -0.1) is 5.10 Å². The summed E-state index contributed by atoms with van der Waals surface area (Å²) in [4.78, 5) is 21.5. The fourth-order valence-electron chi connectivity index (χ4n) is 3.18. The summed E-state index contributed by atoms with van der Waals surface area (Å²) in [5, 5.41) is 8.52. The fourth-order valence-corrected chi connectivity index (χ4v) is 3.31. The highest BCUT2D eigenvalue weighted by Gasteiger charge is 2.23. The first-order valence-corrected chi connectivity index (χ1v) is 9.78. The van der Waals surface area contributed by atoms with Crippen LogP contribution in [0.4, 0.5) is 5.82 Å².